The maximum atomic E-state index is 13.1. The average Bonchev–Trinajstić information content (AvgIpc) is 2.76. The Bertz CT molecular complexity index is 649. The summed E-state index contributed by atoms with van der Waals surface area (Å²) in [5.74, 6) is -1.48. The Hall–Kier alpha value is -2.04. The summed E-state index contributed by atoms with van der Waals surface area (Å²) in [7, 11) is 0. The fourth-order valence-electron chi connectivity index (χ4n) is 2.39. The zero-order valence-corrected chi connectivity index (χ0v) is 10.2. The number of ketones is 1. The molecule has 1 aromatic heterocycles. The molecule has 0 N–H and O–H groups in total. The van der Waals surface area contributed by atoms with Gasteiger partial charge in [-0.15, -0.1) is 0 Å². The number of halogens is 2. The standard InChI is InChI=1S/C14H12F2N2O/c15-12-3-1-9(5-13(12)16)8-18-14-4-2-11(19)6-10(14)7-17-18/h1,3,5,7H,2,4,6,8H2. The van der Waals surface area contributed by atoms with E-state index in [0.29, 0.717) is 31.4 Å². The van der Waals surface area contributed by atoms with Crippen LogP contribution in [0.4, 0.5) is 8.78 Å². The molecule has 0 saturated heterocycles. The van der Waals surface area contributed by atoms with Gasteiger partial charge in [-0.1, -0.05) is 6.07 Å². The third-order valence-corrected chi connectivity index (χ3v) is 3.38. The predicted molar refractivity (Wildman–Crippen MR) is 64.7 cm³/mol. The van der Waals surface area contributed by atoms with Crippen molar-refractivity contribution in [2.24, 2.45) is 0 Å². The van der Waals surface area contributed by atoms with E-state index in [1.54, 1.807) is 16.9 Å². The van der Waals surface area contributed by atoms with Gasteiger partial charge in [0.1, 0.15) is 5.78 Å². The first kappa shape index (κ1) is 12.0. The van der Waals surface area contributed by atoms with Gasteiger partial charge in [-0.3, -0.25) is 9.48 Å². The van der Waals surface area contributed by atoms with Gasteiger partial charge in [-0.2, -0.15) is 5.10 Å². The van der Waals surface area contributed by atoms with Crippen LogP contribution < -0.4 is 0 Å². The Labute approximate surface area is 108 Å². The highest BCUT2D eigenvalue weighted by Gasteiger charge is 2.20. The highest BCUT2D eigenvalue weighted by atomic mass is 19.2. The normalized spacial score (nSPS) is 14.5. The van der Waals surface area contributed by atoms with Crippen LogP contribution in [0.25, 0.3) is 0 Å². The lowest BCUT2D eigenvalue weighted by molar-refractivity contribution is -0.118. The summed E-state index contributed by atoms with van der Waals surface area (Å²) in [5.41, 5.74) is 2.62. The largest absolute Gasteiger partial charge is 0.299 e. The quantitative estimate of drug-likeness (QED) is 0.832. The van der Waals surface area contributed by atoms with Gasteiger partial charge in [-0.25, -0.2) is 8.78 Å². The van der Waals surface area contributed by atoms with Crippen molar-refractivity contribution >= 4 is 5.78 Å². The molecule has 0 saturated carbocycles. The molecule has 3 nitrogen and oxygen atoms in total. The van der Waals surface area contributed by atoms with Crippen LogP contribution in [0.15, 0.2) is 24.4 Å². The fourth-order valence-corrected chi connectivity index (χ4v) is 2.39. The Morgan fingerprint density at radius 3 is 2.84 bits per heavy atom. The van der Waals surface area contributed by atoms with Gasteiger partial charge in [0.15, 0.2) is 11.6 Å². The van der Waals surface area contributed by atoms with Gasteiger partial charge in [0, 0.05) is 24.1 Å². The van der Waals surface area contributed by atoms with Gasteiger partial charge >= 0.3 is 0 Å². The van der Waals surface area contributed by atoms with E-state index in [-0.39, 0.29) is 5.78 Å². The van der Waals surface area contributed by atoms with Gasteiger partial charge in [-0.05, 0) is 24.1 Å². The molecule has 0 radical (unpaired) electrons. The molecule has 0 aliphatic heterocycles. The number of carbonyl (C=O) groups is 1. The van der Waals surface area contributed by atoms with Gasteiger partial charge in [0.2, 0.25) is 0 Å². The molecule has 0 atom stereocenters. The lowest BCUT2D eigenvalue weighted by Gasteiger charge is -2.13. The first-order chi connectivity index (χ1) is 9.13. The molecule has 1 aliphatic carbocycles. The summed E-state index contributed by atoms with van der Waals surface area (Å²) < 4.78 is 27.8. The second kappa shape index (κ2) is 4.57. The highest BCUT2D eigenvalue weighted by molar-refractivity contribution is 5.82. The van der Waals surface area contributed by atoms with E-state index in [9.17, 15) is 13.6 Å². The topological polar surface area (TPSA) is 34.9 Å². The van der Waals surface area contributed by atoms with Crippen LogP contribution in [0.1, 0.15) is 23.2 Å². The Kier molecular flexibility index (Phi) is 2.89. The summed E-state index contributed by atoms with van der Waals surface area (Å²) >= 11 is 0. The minimum absolute atomic E-state index is 0.222. The summed E-state index contributed by atoms with van der Waals surface area (Å²) in [6.45, 7) is 0.390. The van der Waals surface area contributed by atoms with Crippen LogP contribution in [-0.4, -0.2) is 15.6 Å². The predicted octanol–water partition coefficient (Wildman–Crippen LogP) is 2.27. The van der Waals surface area contributed by atoms with Crippen molar-refractivity contribution in [1.82, 2.24) is 9.78 Å². The van der Waals surface area contributed by atoms with E-state index in [1.165, 1.54) is 6.07 Å². The number of benzene rings is 1. The first-order valence-corrected chi connectivity index (χ1v) is 6.12. The van der Waals surface area contributed by atoms with Gasteiger partial charge in [0.05, 0.1) is 12.7 Å². The SMILES string of the molecule is O=C1CCc2c(cnn2Cc2ccc(F)c(F)c2)C1. The van der Waals surface area contributed by atoms with Crippen LogP contribution in [-0.2, 0) is 24.2 Å². The summed E-state index contributed by atoms with van der Waals surface area (Å²) in [5, 5.41) is 4.23. The van der Waals surface area contributed by atoms with Gasteiger partial charge in [0.25, 0.3) is 0 Å². The highest BCUT2D eigenvalue weighted by Crippen LogP contribution is 2.20. The van der Waals surface area contributed by atoms with Crippen molar-refractivity contribution in [1.29, 1.82) is 0 Å². The number of hydrogen-bond acceptors (Lipinski definition) is 2. The number of hydrogen-bond donors (Lipinski definition) is 0. The molecule has 0 bridgehead atoms. The fraction of sp³-hybridized carbons (Fsp3) is 0.286. The number of rotatable bonds is 2. The maximum Gasteiger partial charge on any atom is 0.159 e. The maximum absolute atomic E-state index is 13.1. The molecular weight excluding hydrogens is 250 g/mol. The van der Waals surface area contributed by atoms with E-state index in [2.05, 4.69) is 5.10 Å². The number of carbonyl (C=O) groups excluding carboxylic acids is 1. The molecule has 3 rings (SSSR count). The Morgan fingerprint density at radius 2 is 2.05 bits per heavy atom. The molecule has 5 heteroatoms. The zero-order chi connectivity index (χ0) is 13.4. The smallest absolute Gasteiger partial charge is 0.159 e. The first-order valence-electron chi connectivity index (χ1n) is 6.12. The third-order valence-electron chi connectivity index (χ3n) is 3.38. The monoisotopic (exact) mass is 262 g/mol. The molecular formula is C14H12F2N2O. The Balaban J connectivity index is 1.88. The van der Waals surface area contributed by atoms with Crippen molar-refractivity contribution in [3.05, 3.63) is 52.9 Å². The van der Waals surface area contributed by atoms with E-state index in [4.69, 9.17) is 0 Å². The molecule has 2 aromatic rings. The van der Waals surface area contributed by atoms with Crippen LogP contribution in [0, 0.1) is 11.6 Å². The molecule has 1 aromatic carbocycles. The molecule has 0 spiro atoms. The minimum atomic E-state index is -0.853. The second-order valence-electron chi connectivity index (χ2n) is 4.74. The third kappa shape index (κ3) is 2.28. The van der Waals surface area contributed by atoms with E-state index >= 15 is 0 Å². The van der Waals surface area contributed by atoms with Crippen molar-refractivity contribution in [2.75, 3.05) is 0 Å². The zero-order valence-electron chi connectivity index (χ0n) is 10.2. The van der Waals surface area contributed by atoms with Crippen LogP contribution >= 0.6 is 0 Å². The molecule has 0 unspecified atom stereocenters. The van der Waals surface area contributed by atoms with Crippen LogP contribution in [0.3, 0.4) is 0 Å². The minimum Gasteiger partial charge on any atom is -0.299 e. The van der Waals surface area contributed by atoms with Crippen molar-refractivity contribution in [2.45, 2.75) is 25.8 Å². The van der Waals surface area contributed by atoms with E-state index in [1.807, 2.05) is 0 Å². The average molecular weight is 262 g/mol. The molecule has 98 valence electrons. The number of nitrogens with zero attached hydrogens (tertiary/aromatic N) is 2. The number of aromatic nitrogens is 2. The number of Topliss-reactive ketones (excluding diaryl/α,β-unsaturated/α-hetero) is 1. The van der Waals surface area contributed by atoms with Crippen LogP contribution in [0.2, 0.25) is 0 Å². The summed E-state index contributed by atoms with van der Waals surface area (Å²) in [4.78, 5) is 11.3. The van der Waals surface area contributed by atoms with Crippen molar-refractivity contribution in [3.63, 3.8) is 0 Å². The number of fused-ring (bicyclic) bond motifs is 1. The molecule has 19 heavy (non-hydrogen) atoms. The molecule has 0 amide bonds. The van der Waals surface area contributed by atoms with E-state index < -0.39 is 11.6 Å². The lowest BCUT2D eigenvalue weighted by Crippen LogP contribution is -2.16. The molecule has 1 heterocycles. The second-order valence-corrected chi connectivity index (χ2v) is 4.74. The molecule has 0 fully saturated rings. The van der Waals surface area contributed by atoms with E-state index in [0.717, 1.165) is 17.3 Å². The lowest BCUT2D eigenvalue weighted by atomic mass is 9.97. The van der Waals surface area contributed by atoms with Crippen molar-refractivity contribution in [3.8, 4) is 0 Å². The van der Waals surface area contributed by atoms with Crippen LogP contribution in [0.5, 0.6) is 0 Å². The summed E-state index contributed by atoms with van der Waals surface area (Å²) in [6, 6.07) is 3.84. The van der Waals surface area contributed by atoms with Crippen molar-refractivity contribution < 1.29 is 13.6 Å². The Morgan fingerprint density at radius 1 is 1.21 bits per heavy atom. The summed E-state index contributed by atoms with van der Waals surface area (Å²) in [6.07, 6.45) is 3.30. The molecule has 1 aliphatic rings. The van der Waals surface area contributed by atoms with Gasteiger partial charge < -0.3 is 0 Å².